The lowest BCUT2D eigenvalue weighted by molar-refractivity contribution is -0.151. The highest BCUT2D eigenvalue weighted by Gasteiger charge is 2.54. The Bertz CT molecular complexity index is 873. The van der Waals surface area contributed by atoms with Gasteiger partial charge >= 0.3 is 5.97 Å². The Kier molecular flexibility index (Phi) is 5.33. The Morgan fingerprint density at radius 1 is 1.39 bits per heavy atom. The number of halogens is 2. The maximum atomic E-state index is 14.4. The minimum absolute atomic E-state index is 0.167. The molecule has 7 heteroatoms. The first-order chi connectivity index (χ1) is 13.2. The van der Waals surface area contributed by atoms with Gasteiger partial charge in [-0.15, -0.1) is 0 Å². The number of aliphatic carboxylic acids is 1. The number of ether oxygens (including phenoxy) is 1. The highest BCUT2D eigenvalue weighted by atomic mass is 19.2. The molecule has 28 heavy (non-hydrogen) atoms. The number of rotatable bonds is 6. The second-order valence-electron chi connectivity index (χ2n) is 7.87. The molecular formula is C21H24F2N2O3. The molecule has 0 amide bonds. The summed E-state index contributed by atoms with van der Waals surface area (Å²) in [6.45, 7) is 3.28. The maximum Gasteiger partial charge on any atom is 0.312 e. The van der Waals surface area contributed by atoms with Crippen LogP contribution in [0.15, 0.2) is 23.4 Å². The summed E-state index contributed by atoms with van der Waals surface area (Å²) in [6, 6.07) is 3.89. The third kappa shape index (κ3) is 3.21. The maximum absolute atomic E-state index is 14.4. The number of allylic oxidation sites excluding steroid dienone is 2. The number of hydrogen-bond donors (Lipinski definition) is 2. The summed E-state index contributed by atoms with van der Waals surface area (Å²) in [5.74, 6) is -4.09. The highest BCUT2D eigenvalue weighted by molar-refractivity contribution is 5.79. The molecule has 1 aromatic rings. The summed E-state index contributed by atoms with van der Waals surface area (Å²) in [7, 11) is 1.20. The summed E-state index contributed by atoms with van der Waals surface area (Å²) < 4.78 is 33.2. The molecule has 0 saturated heterocycles. The lowest BCUT2D eigenvalue weighted by atomic mass is 9.62. The molecule has 1 saturated carbocycles. The Labute approximate surface area is 163 Å². The van der Waals surface area contributed by atoms with E-state index in [9.17, 15) is 23.9 Å². The predicted molar refractivity (Wildman–Crippen MR) is 98.6 cm³/mol. The van der Waals surface area contributed by atoms with Crippen LogP contribution in [0, 0.1) is 34.3 Å². The van der Waals surface area contributed by atoms with E-state index in [1.807, 2.05) is 0 Å². The van der Waals surface area contributed by atoms with Crippen molar-refractivity contribution < 1.29 is 23.4 Å². The van der Waals surface area contributed by atoms with Crippen molar-refractivity contribution in [1.29, 1.82) is 5.26 Å². The molecule has 0 aromatic heterocycles. The minimum atomic E-state index is -1.43. The van der Waals surface area contributed by atoms with Gasteiger partial charge in [-0.05, 0) is 38.7 Å². The number of hydrogen-bond acceptors (Lipinski definition) is 4. The first kappa shape index (κ1) is 20.1. The van der Waals surface area contributed by atoms with Crippen molar-refractivity contribution in [3.05, 3.63) is 40.6 Å². The number of nitriles is 1. The first-order valence-electron chi connectivity index (χ1n) is 9.38. The largest absolute Gasteiger partial charge is 0.493 e. The van der Waals surface area contributed by atoms with Crippen molar-refractivity contribution in [1.82, 2.24) is 5.32 Å². The van der Waals surface area contributed by atoms with E-state index in [4.69, 9.17) is 4.74 Å². The summed E-state index contributed by atoms with van der Waals surface area (Å²) in [5.41, 5.74) is -0.521. The van der Waals surface area contributed by atoms with Crippen LogP contribution in [0.25, 0.3) is 0 Å². The lowest BCUT2D eigenvalue weighted by Crippen LogP contribution is -2.55. The van der Waals surface area contributed by atoms with Gasteiger partial charge in [-0.1, -0.05) is 18.9 Å². The van der Waals surface area contributed by atoms with E-state index in [0.29, 0.717) is 18.0 Å². The number of carboxylic acids is 1. The van der Waals surface area contributed by atoms with E-state index < -0.39 is 35.0 Å². The number of benzene rings is 1. The van der Waals surface area contributed by atoms with Crippen LogP contribution >= 0.6 is 0 Å². The van der Waals surface area contributed by atoms with Crippen LogP contribution in [0.1, 0.15) is 51.0 Å². The standard InChI is InChI=1S/C21H24F2N2O3/c1-11-14(10-24)17(13-7-8-15(22)18(23)19(13)28-3)21(2,20(26)27)16(25-11)9-6-12-4-5-12/h7-8,12,16-17,25H,4-6,9H2,1-3H3,(H,26,27). The van der Waals surface area contributed by atoms with Crippen LogP contribution in [-0.4, -0.2) is 24.2 Å². The molecule has 1 heterocycles. The summed E-state index contributed by atoms with van der Waals surface area (Å²) in [4.78, 5) is 12.5. The smallest absolute Gasteiger partial charge is 0.312 e. The first-order valence-corrected chi connectivity index (χ1v) is 9.38. The second kappa shape index (κ2) is 7.42. The normalized spacial score (nSPS) is 27.1. The van der Waals surface area contributed by atoms with Gasteiger partial charge in [0.1, 0.15) is 0 Å². The predicted octanol–water partition coefficient (Wildman–Crippen LogP) is 4.11. The van der Waals surface area contributed by atoms with E-state index in [0.717, 1.165) is 25.3 Å². The zero-order valence-corrected chi connectivity index (χ0v) is 16.2. The SMILES string of the molecule is COc1c(C2C(C#N)=C(C)NC(CCC3CC3)C2(C)C(=O)O)ccc(F)c1F. The average Bonchev–Trinajstić information content (AvgIpc) is 3.48. The van der Waals surface area contributed by atoms with Gasteiger partial charge in [0, 0.05) is 23.2 Å². The molecule has 0 spiro atoms. The van der Waals surface area contributed by atoms with E-state index in [1.165, 1.54) is 13.2 Å². The van der Waals surface area contributed by atoms with Gasteiger partial charge in [-0.3, -0.25) is 4.79 Å². The molecule has 1 fully saturated rings. The van der Waals surface area contributed by atoms with Crippen LogP contribution in [0.3, 0.4) is 0 Å². The van der Waals surface area contributed by atoms with E-state index >= 15 is 0 Å². The van der Waals surface area contributed by atoms with Crippen molar-refractivity contribution >= 4 is 5.97 Å². The fraction of sp³-hybridized carbons (Fsp3) is 0.524. The van der Waals surface area contributed by atoms with Gasteiger partial charge in [0.2, 0.25) is 5.82 Å². The van der Waals surface area contributed by atoms with Crippen molar-refractivity contribution in [3.8, 4) is 11.8 Å². The lowest BCUT2D eigenvalue weighted by Gasteiger charge is -2.46. The molecular weight excluding hydrogens is 366 g/mol. The highest BCUT2D eigenvalue weighted by Crippen LogP contribution is 2.52. The van der Waals surface area contributed by atoms with Crippen LogP contribution in [0.5, 0.6) is 5.75 Å². The third-order valence-corrected chi connectivity index (χ3v) is 6.14. The molecule has 3 rings (SSSR count). The van der Waals surface area contributed by atoms with Crippen molar-refractivity contribution in [2.75, 3.05) is 7.11 Å². The molecule has 2 aliphatic rings. The van der Waals surface area contributed by atoms with Crippen LogP contribution < -0.4 is 10.1 Å². The van der Waals surface area contributed by atoms with Crippen molar-refractivity contribution in [3.63, 3.8) is 0 Å². The van der Waals surface area contributed by atoms with E-state index in [2.05, 4.69) is 11.4 Å². The molecule has 3 atom stereocenters. The average molecular weight is 390 g/mol. The molecule has 5 nitrogen and oxygen atoms in total. The van der Waals surface area contributed by atoms with Crippen LogP contribution in [-0.2, 0) is 4.79 Å². The van der Waals surface area contributed by atoms with Gasteiger partial charge in [-0.2, -0.15) is 9.65 Å². The fourth-order valence-electron chi connectivity index (χ4n) is 4.27. The Balaban J connectivity index is 2.19. The topological polar surface area (TPSA) is 82.3 Å². The molecule has 150 valence electrons. The van der Waals surface area contributed by atoms with Gasteiger partial charge in [0.05, 0.1) is 24.2 Å². The molecule has 0 bridgehead atoms. The quantitative estimate of drug-likeness (QED) is 0.764. The molecule has 1 aliphatic carbocycles. The molecule has 2 N–H and O–H groups in total. The number of carboxylic acid groups (broad SMARTS) is 1. The summed E-state index contributed by atoms with van der Waals surface area (Å²) in [6.07, 6.45) is 3.80. The number of nitrogens with one attached hydrogen (secondary N) is 1. The Morgan fingerprint density at radius 3 is 2.61 bits per heavy atom. The number of nitrogens with zero attached hydrogens (tertiary/aromatic N) is 1. The number of carbonyl (C=O) groups is 1. The van der Waals surface area contributed by atoms with Gasteiger partial charge in [0.25, 0.3) is 0 Å². The van der Waals surface area contributed by atoms with Crippen LogP contribution in [0.2, 0.25) is 0 Å². The van der Waals surface area contributed by atoms with Crippen LogP contribution in [0.4, 0.5) is 8.78 Å². The zero-order valence-electron chi connectivity index (χ0n) is 16.2. The number of methoxy groups -OCH3 is 1. The summed E-state index contributed by atoms with van der Waals surface area (Å²) in [5, 5.41) is 23.1. The third-order valence-electron chi connectivity index (χ3n) is 6.14. The zero-order chi connectivity index (χ0) is 20.6. The van der Waals surface area contributed by atoms with Crippen molar-refractivity contribution in [2.45, 2.75) is 51.5 Å². The van der Waals surface area contributed by atoms with E-state index in [-0.39, 0.29) is 16.9 Å². The Morgan fingerprint density at radius 2 is 2.07 bits per heavy atom. The minimum Gasteiger partial charge on any atom is -0.493 e. The summed E-state index contributed by atoms with van der Waals surface area (Å²) >= 11 is 0. The Hall–Kier alpha value is -2.62. The molecule has 3 unspecified atom stereocenters. The fourth-order valence-corrected chi connectivity index (χ4v) is 4.27. The molecule has 0 radical (unpaired) electrons. The van der Waals surface area contributed by atoms with Gasteiger partial charge in [0.15, 0.2) is 11.6 Å². The molecule has 1 aromatic carbocycles. The van der Waals surface area contributed by atoms with E-state index in [1.54, 1.807) is 13.8 Å². The monoisotopic (exact) mass is 390 g/mol. The van der Waals surface area contributed by atoms with Gasteiger partial charge in [-0.25, -0.2) is 4.39 Å². The second-order valence-corrected chi connectivity index (χ2v) is 7.87. The van der Waals surface area contributed by atoms with Crippen molar-refractivity contribution in [2.24, 2.45) is 11.3 Å². The van der Waals surface area contributed by atoms with Gasteiger partial charge < -0.3 is 15.2 Å². The molecule has 1 aliphatic heterocycles.